The van der Waals surface area contributed by atoms with E-state index in [2.05, 4.69) is 30.0 Å². The Morgan fingerprint density at radius 3 is 2.31 bits per heavy atom. The van der Waals surface area contributed by atoms with Crippen molar-refractivity contribution in [1.29, 1.82) is 21.2 Å². The van der Waals surface area contributed by atoms with Gasteiger partial charge < -0.3 is 5.41 Å². The third-order valence-corrected chi connectivity index (χ3v) is 6.06. The Balaban J connectivity index is 2.37. The van der Waals surface area contributed by atoms with Gasteiger partial charge in [0.1, 0.15) is 5.92 Å². The molecular formula is C21H21N5. The fourth-order valence-electron chi connectivity index (χ4n) is 4.70. The summed E-state index contributed by atoms with van der Waals surface area (Å²) in [5, 5.41) is 38.5. The number of rotatable bonds is 1. The number of nitrogens with zero attached hydrogens (tertiary/aromatic N) is 4. The van der Waals surface area contributed by atoms with Crippen LogP contribution < -0.4 is 0 Å². The first-order valence-electron chi connectivity index (χ1n) is 8.64. The molecule has 2 aliphatic rings. The number of benzene rings is 1. The van der Waals surface area contributed by atoms with E-state index in [1.165, 1.54) is 0 Å². The Morgan fingerprint density at radius 1 is 1.15 bits per heavy atom. The minimum Gasteiger partial charge on any atom is -0.305 e. The highest BCUT2D eigenvalue weighted by molar-refractivity contribution is 6.01. The van der Waals surface area contributed by atoms with Crippen molar-refractivity contribution in [2.75, 3.05) is 13.6 Å². The van der Waals surface area contributed by atoms with Gasteiger partial charge in [0.25, 0.3) is 0 Å². The number of likely N-dealkylation sites (N-methyl/N-ethyl adjacent to an activating group) is 1. The first-order chi connectivity index (χ1) is 12.4. The minimum absolute atomic E-state index is 0.0978. The molecule has 0 aromatic heterocycles. The van der Waals surface area contributed by atoms with Crippen molar-refractivity contribution < 1.29 is 0 Å². The topological polar surface area (TPSA) is 98.5 Å². The van der Waals surface area contributed by atoms with Gasteiger partial charge in [-0.25, -0.2) is 0 Å². The van der Waals surface area contributed by atoms with Crippen LogP contribution in [0.5, 0.6) is 0 Å². The fraction of sp³-hybridized carbons (Fsp3) is 0.429. The first-order valence-corrected chi connectivity index (χ1v) is 8.64. The predicted octanol–water partition coefficient (Wildman–Crippen LogP) is 3.24. The molecule has 0 spiro atoms. The Kier molecular flexibility index (Phi) is 4.19. The van der Waals surface area contributed by atoms with Crippen molar-refractivity contribution in [3.05, 3.63) is 47.5 Å². The Morgan fingerprint density at radius 2 is 1.77 bits per heavy atom. The van der Waals surface area contributed by atoms with E-state index in [9.17, 15) is 15.8 Å². The van der Waals surface area contributed by atoms with Crippen molar-refractivity contribution in [2.45, 2.75) is 25.8 Å². The van der Waals surface area contributed by atoms with Gasteiger partial charge in [0.2, 0.25) is 0 Å². The second kappa shape index (κ2) is 6.10. The molecule has 1 heterocycles. The van der Waals surface area contributed by atoms with Crippen LogP contribution in [-0.2, 0) is 0 Å². The lowest BCUT2D eigenvalue weighted by molar-refractivity contribution is 0.119. The summed E-state index contributed by atoms with van der Waals surface area (Å²) in [6, 6.07) is 16.1. The molecule has 5 heteroatoms. The van der Waals surface area contributed by atoms with Crippen LogP contribution in [0.15, 0.2) is 42.0 Å². The number of hydrogen-bond donors (Lipinski definition) is 1. The average molecular weight is 343 g/mol. The summed E-state index contributed by atoms with van der Waals surface area (Å²) in [5.41, 5.74) is -0.619. The summed E-state index contributed by atoms with van der Waals surface area (Å²) in [6.45, 7) is 4.70. The molecule has 0 saturated heterocycles. The number of nitriles is 3. The van der Waals surface area contributed by atoms with E-state index < -0.39 is 22.7 Å². The molecule has 1 saturated carbocycles. The molecule has 1 fully saturated rings. The third kappa shape index (κ3) is 2.20. The van der Waals surface area contributed by atoms with Crippen LogP contribution in [0, 0.1) is 56.2 Å². The molecule has 3 rings (SSSR count). The summed E-state index contributed by atoms with van der Waals surface area (Å²) >= 11 is 0. The monoisotopic (exact) mass is 343 g/mol. The molecular weight excluding hydrogens is 322 g/mol. The number of hydrogen-bond acceptors (Lipinski definition) is 5. The summed E-state index contributed by atoms with van der Waals surface area (Å²) in [4.78, 5) is 2.17. The maximum absolute atomic E-state index is 10.0. The molecule has 0 radical (unpaired) electrons. The van der Waals surface area contributed by atoms with Gasteiger partial charge in [0, 0.05) is 23.9 Å². The molecule has 1 aliphatic carbocycles. The number of nitrogens with one attached hydrogen (secondary N) is 1. The maximum Gasteiger partial charge on any atom is 0.190 e. The van der Waals surface area contributed by atoms with Gasteiger partial charge in [0.15, 0.2) is 5.41 Å². The lowest BCUT2D eigenvalue weighted by atomic mass is 9.48. The Hall–Kier alpha value is -2.94. The average Bonchev–Trinajstić information content (AvgIpc) is 2.64. The van der Waals surface area contributed by atoms with Gasteiger partial charge in [0.05, 0.1) is 23.9 Å². The molecule has 130 valence electrons. The highest BCUT2D eigenvalue weighted by Crippen LogP contribution is 2.60. The molecule has 5 nitrogen and oxygen atoms in total. The summed E-state index contributed by atoms with van der Waals surface area (Å²) in [7, 11) is 2.01. The van der Waals surface area contributed by atoms with Gasteiger partial charge in [-0.2, -0.15) is 15.8 Å². The third-order valence-electron chi connectivity index (χ3n) is 6.06. The quantitative estimate of drug-likeness (QED) is 0.791. The summed E-state index contributed by atoms with van der Waals surface area (Å²) in [5.74, 6) is -1.35. The molecule has 0 unspecified atom stereocenters. The van der Waals surface area contributed by atoms with E-state index in [-0.39, 0.29) is 11.8 Å². The first kappa shape index (κ1) is 17.9. The molecule has 0 bridgehead atoms. The lowest BCUT2D eigenvalue weighted by Gasteiger charge is -2.55. The Labute approximate surface area is 154 Å². The van der Waals surface area contributed by atoms with Gasteiger partial charge in [-0.3, -0.25) is 4.90 Å². The molecule has 1 aliphatic heterocycles. The van der Waals surface area contributed by atoms with E-state index in [1.807, 2.05) is 50.4 Å². The number of fused-ring (bicyclic) bond motifs is 1. The van der Waals surface area contributed by atoms with Crippen molar-refractivity contribution in [2.24, 2.45) is 16.7 Å². The molecule has 0 amide bonds. The van der Waals surface area contributed by atoms with E-state index in [1.54, 1.807) is 0 Å². The standard InChI is InChI=1S/C21H21N5/c1-14-9-17-16(10-22)19(25)21(11-23,12-24)18(15-7-5-4-6-8-15)20(17,2)13-26(14)3/h4-9,14,16,18,25H,13H2,1-3H3/t14-,16-,18+,20+/m0/s1. The van der Waals surface area contributed by atoms with E-state index in [4.69, 9.17) is 5.41 Å². The zero-order chi connectivity index (χ0) is 19.1. The smallest absolute Gasteiger partial charge is 0.190 e. The maximum atomic E-state index is 10.0. The lowest BCUT2D eigenvalue weighted by Crippen LogP contribution is -2.58. The minimum atomic E-state index is -1.66. The zero-order valence-corrected chi connectivity index (χ0v) is 15.2. The molecule has 1 N–H and O–H groups in total. The highest BCUT2D eigenvalue weighted by atomic mass is 15.1. The summed E-state index contributed by atoms with van der Waals surface area (Å²) in [6.07, 6.45) is 2.04. The molecule has 26 heavy (non-hydrogen) atoms. The van der Waals surface area contributed by atoms with E-state index in [0.29, 0.717) is 6.54 Å². The molecule has 4 atom stereocenters. The Bertz CT molecular complexity index is 881. The van der Waals surface area contributed by atoms with Crippen molar-refractivity contribution in [3.8, 4) is 18.2 Å². The van der Waals surface area contributed by atoms with Gasteiger partial charge >= 0.3 is 0 Å². The van der Waals surface area contributed by atoms with Crippen molar-refractivity contribution in [1.82, 2.24) is 4.90 Å². The van der Waals surface area contributed by atoms with Crippen molar-refractivity contribution >= 4 is 5.71 Å². The van der Waals surface area contributed by atoms with Crippen LogP contribution in [0.25, 0.3) is 0 Å². The second-order valence-corrected chi connectivity index (χ2v) is 7.55. The van der Waals surface area contributed by atoms with Crippen LogP contribution in [-0.4, -0.2) is 30.2 Å². The van der Waals surface area contributed by atoms with Crippen LogP contribution >= 0.6 is 0 Å². The van der Waals surface area contributed by atoms with E-state index >= 15 is 0 Å². The van der Waals surface area contributed by atoms with Crippen molar-refractivity contribution in [3.63, 3.8) is 0 Å². The molecule has 1 aromatic carbocycles. The van der Waals surface area contributed by atoms with Crippen LogP contribution in [0.1, 0.15) is 25.3 Å². The highest BCUT2D eigenvalue weighted by Gasteiger charge is 2.63. The fourth-order valence-corrected chi connectivity index (χ4v) is 4.70. The van der Waals surface area contributed by atoms with Gasteiger partial charge in [-0.1, -0.05) is 43.3 Å². The van der Waals surface area contributed by atoms with Gasteiger partial charge in [-0.05, 0) is 25.1 Å². The van der Waals surface area contributed by atoms with Crippen LogP contribution in [0.4, 0.5) is 0 Å². The van der Waals surface area contributed by atoms with Crippen LogP contribution in [0.3, 0.4) is 0 Å². The summed E-state index contributed by atoms with van der Waals surface area (Å²) < 4.78 is 0. The van der Waals surface area contributed by atoms with E-state index in [0.717, 1.165) is 11.1 Å². The largest absolute Gasteiger partial charge is 0.305 e. The second-order valence-electron chi connectivity index (χ2n) is 7.55. The molecule has 1 aromatic rings. The SMILES string of the molecule is C[C@H]1C=C2[C@H](C#N)C(=N)C(C#N)(C#N)[C@H](c3ccccc3)[C@]2(C)CN1C. The zero-order valence-electron chi connectivity index (χ0n) is 15.2. The predicted molar refractivity (Wildman–Crippen MR) is 98.0 cm³/mol. The van der Waals surface area contributed by atoms with Gasteiger partial charge in [-0.15, -0.1) is 0 Å². The normalized spacial score (nSPS) is 33.2. The van der Waals surface area contributed by atoms with Crippen LogP contribution in [0.2, 0.25) is 0 Å².